The van der Waals surface area contributed by atoms with Crippen LogP contribution in [0.3, 0.4) is 0 Å². The number of carbonyl (C=O) groups is 4. The molecule has 9 nitrogen and oxygen atoms in total. The van der Waals surface area contributed by atoms with Gasteiger partial charge in [0.05, 0.1) is 17.4 Å². The number of hydrogen-bond donors (Lipinski definition) is 2. The first kappa shape index (κ1) is 19.0. The van der Waals surface area contributed by atoms with E-state index >= 15 is 0 Å². The third-order valence-corrected chi connectivity index (χ3v) is 5.77. The van der Waals surface area contributed by atoms with Gasteiger partial charge in [-0.15, -0.1) is 0 Å². The van der Waals surface area contributed by atoms with Crippen LogP contribution in [-0.4, -0.2) is 44.1 Å². The van der Waals surface area contributed by atoms with Crippen LogP contribution in [0.4, 0.5) is 5.69 Å². The molecule has 2 N–H and O–H groups in total. The molecular formula is C22H19N5O4. The molecule has 0 aliphatic carbocycles. The van der Waals surface area contributed by atoms with Crippen molar-refractivity contribution in [2.75, 3.05) is 5.32 Å². The van der Waals surface area contributed by atoms with Crippen LogP contribution < -0.4 is 10.6 Å². The van der Waals surface area contributed by atoms with E-state index in [1.54, 1.807) is 36.7 Å². The van der Waals surface area contributed by atoms with Crippen LogP contribution >= 0.6 is 0 Å². The molecule has 5 rings (SSSR count). The molecule has 1 atom stereocenters. The molecule has 0 radical (unpaired) electrons. The molecular weight excluding hydrogens is 398 g/mol. The Hall–Kier alpha value is -4.01. The molecule has 1 unspecified atom stereocenters. The summed E-state index contributed by atoms with van der Waals surface area (Å²) in [5.41, 5.74) is 3.93. The molecule has 3 heterocycles. The van der Waals surface area contributed by atoms with Crippen molar-refractivity contribution in [1.29, 1.82) is 0 Å². The lowest BCUT2D eigenvalue weighted by atomic mass is 10.0. The molecule has 2 aliphatic rings. The fourth-order valence-corrected chi connectivity index (χ4v) is 4.13. The maximum Gasteiger partial charge on any atom is 0.255 e. The molecule has 0 saturated carbocycles. The van der Waals surface area contributed by atoms with Crippen molar-refractivity contribution in [2.45, 2.75) is 25.4 Å². The number of anilines is 1. The number of amides is 4. The first-order valence-electron chi connectivity index (χ1n) is 9.91. The van der Waals surface area contributed by atoms with Crippen LogP contribution in [0.5, 0.6) is 0 Å². The van der Waals surface area contributed by atoms with Gasteiger partial charge in [-0.1, -0.05) is 0 Å². The van der Waals surface area contributed by atoms with E-state index in [-0.39, 0.29) is 30.7 Å². The summed E-state index contributed by atoms with van der Waals surface area (Å²) in [5, 5.41) is 5.14. The van der Waals surface area contributed by atoms with Crippen molar-refractivity contribution in [2.24, 2.45) is 7.05 Å². The Balaban J connectivity index is 1.34. The minimum absolute atomic E-state index is 0.207. The second-order valence-corrected chi connectivity index (χ2v) is 7.78. The monoisotopic (exact) mass is 417 g/mol. The normalized spacial score (nSPS) is 18.3. The third-order valence-electron chi connectivity index (χ3n) is 5.77. The summed E-state index contributed by atoms with van der Waals surface area (Å²) >= 11 is 0. The summed E-state index contributed by atoms with van der Waals surface area (Å²) in [4.78, 5) is 54.8. The first-order chi connectivity index (χ1) is 14.9. The summed E-state index contributed by atoms with van der Waals surface area (Å²) in [6, 6.07) is 9.71. The van der Waals surface area contributed by atoms with Gasteiger partial charge in [0, 0.05) is 36.8 Å². The fourth-order valence-electron chi connectivity index (χ4n) is 4.13. The predicted octanol–water partition coefficient (Wildman–Crippen LogP) is 1.59. The zero-order chi connectivity index (χ0) is 21.7. The Bertz CT molecular complexity index is 1280. The van der Waals surface area contributed by atoms with Gasteiger partial charge in [0.25, 0.3) is 11.8 Å². The van der Waals surface area contributed by atoms with E-state index in [0.29, 0.717) is 23.2 Å². The summed E-state index contributed by atoms with van der Waals surface area (Å²) < 4.78 is 1.88. The molecule has 3 aromatic rings. The standard InChI is InChI=1S/C22H19N5O4/c1-26-11-23-16-9-12(2-5-17(16)26)20(29)24-14-3-4-15-13(8-14)10-27(22(15)31)18-6-7-19(28)25-21(18)30/h2-5,8-9,11,18H,6-7,10H2,1H3,(H,24,29)(H,25,28,30). The van der Waals surface area contributed by atoms with Gasteiger partial charge in [-0.25, -0.2) is 4.98 Å². The van der Waals surface area contributed by atoms with Crippen molar-refractivity contribution in [1.82, 2.24) is 19.8 Å². The second-order valence-electron chi connectivity index (χ2n) is 7.78. The highest BCUT2D eigenvalue weighted by Crippen LogP contribution is 2.29. The number of nitrogens with one attached hydrogen (secondary N) is 2. The quantitative estimate of drug-likeness (QED) is 0.629. The molecule has 0 bridgehead atoms. The van der Waals surface area contributed by atoms with Crippen LogP contribution in [0.15, 0.2) is 42.7 Å². The molecule has 31 heavy (non-hydrogen) atoms. The van der Waals surface area contributed by atoms with Crippen LogP contribution in [0.2, 0.25) is 0 Å². The van der Waals surface area contributed by atoms with Crippen LogP contribution in [-0.2, 0) is 23.2 Å². The number of nitrogens with zero attached hydrogens (tertiary/aromatic N) is 3. The lowest BCUT2D eigenvalue weighted by Gasteiger charge is -2.29. The van der Waals surface area contributed by atoms with Gasteiger partial charge < -0.3 is 14.8 Å². The highest BCUT2D eigenvalue weighted by atomic mass is 16.2. The Labute approximate surface area is 177 Å². The number of piperidine rings is 1. The maximum atomic E-state index is 12.8. The highest BCUT2D eigenvalue weighted by Gasteiger charge is 2.39. The number of imide groups is 1. The van der Waals surface area contributed by atoms with E-state index in [9.17, 15) is 19.2 Å². The molecule has 0 spiro atoms. The highest BCUT2D eigenvalue weighted by molar-refractivity contribution is 6.07. The van der Waals surface area contributed by atoms with Crippen LogP contribution in [0.1, 0.15) is 39.1 Å². The number of fused-ring (bicyclic) bond motifs is 2. The lowest BCUT2D eigenvalue weighted by Crippen LogP contribution is -2.52. The minimum Gasteiger partial charge on any atom is -0.334 e. The molecule has 1 aromatic heterocycles. The zero-order valence-corrected chi connectivity index (χ0v) is 16.7. The average molecular weight is 417 g/mol. The van der Waals surface area contributed by atoms with Gasteiger partial charge in [-0.05, 0) is 48.4 Å². The Morgan fingerprint density at radius 1 is 1.16 bits per heavy atom. The Kier molecular flexibility index (Phi) is 4.32. The van der Waals surface area contributed by atoms with E-state index in [4.69, 9.17) is 0 Å². The zero-order valence-electron chi connectivity index (χ0n) is 16.7. The number of rotatable bonds is 3. The van der Waals surface area contributed by atoms with Gasteiger partial charge in [0.1, 0.15) is 6.04 Å². The van der Waals surface area contributed by atoms with Gasteiger partial charge in [0.15, 0.2) is 0 Å². The van der Waals surface area contributed by atoms with Gasteiger partial charge in [0.2, 0.25) is 11.8 Å². The molecule has 2 aliphatic heterocycles. The summed E-state index contributed by atoms with van der Waals surface area (Å²) in [5.74, 6) is -1.29. The van der Waals surface area contributed by atoms with E-state index in [1.165, 1.54) is 4.90 Å². The smallest absolute Gasteiger partial charge is 0.255 e. The number of carbonyl (C=O) groups excluding carboxylic acids is 4. The van der Waals surface area contributed by atoms with Crippen LogP contribution in [0, 0.1) is 0 Å². The largest absolute Gasteiger partial charge is 0.334 e. The Morgan fingerprint density at radius 3 is 2.81 bits per heavy atom. The first-order valence-corrected chi connectivity index (χ1v) is 9.91. The number of aryl methyl sites for hydroxylation is 1. The molecule has 2 aromatic carbocycles. The maximum absolute atomic E-state index is 12.8. The summed E-state index contributed by atoms with van der Waals surface area (Å²) in [6.45, 7) is 0.254. The molecule has 1 saturated heterocycles. The third kappa shape index (κ3) is 3.24. The SMILES string of the molecule is Cn1cnc2cc(C(=O)Nc3ccc4c(c3)CN(C3CCC(=O)NC3=O)C4=O)ccc21. The Morgan fingerprint density at radius 2 is 2.00 bits per heavy atom. The molecule has 9 heteroatoms. The van der Waals surface area contributed by atoms with Gasteiger partial charge in [-0.2, -0.15) is 0 Å². The van der Waals surface area contributed by atoms with Crippen molar-refractivity contribution < 1.29 is 19.2 Å². The van der Waals surface area contributed by atoms with E-state index < -0.39 is 11.9 Å². The predicted molar refractivity (Wildman–Crippen MR) is 111 cm³/mol. The lowest BCUT2D eigenvalue weighted by molar-refractivity contribution is -0.136. The molecule has 1 fully saturated rings. The molecule has 4 amide bonds. The topological polar surface area (TPSA) is 113 Å². The van der Waals surface area contributed by atoms with Crippen LogP contribution in [0.25, 0.3) is 11.0 Å². The second kappa shape index (κ2) is 7.05. The van der Waals surface area contributed by atoms with Crippen molar-refractivity contribution in [3.63, 3.8) is 0 Å². The summed E-state index contributed by atoms with van der Waals surface area (Å²) in [7, 11) is 1.89. The van der Waals surface area contributed by atoms with E-state index in [2.05, 4.69) is 15.6 Å². The van der Waals surface area contributed by atoms with Crippen molar-refractivity contribution in [3.8, 4) is 0 Å². The van der Waals surface area contributed by atoms with Gasteiger partial charge in [-0.3, -0.25) is 24.5 Å². The molecule has 156 valence electrons. The number of imidazole rings is 1. The van der Waals surface area contributed by atoms with Gasteiger partial charge >= 0.3 is 0 Å². The minimum atomic E-state index is -0.666. The number of hydrogen-bond acceptors (Lipinski definition) is 5. The number of benzene rings is 2. The fraction of sp³-hybridized carbons (Fsp3) is 0.227. The summed E-state index contributed by atoms with van der Waals surface area (Å²) in [6.07, 6.45) is 2.21. The van der Waals surface area contributed by atoms with E-state index in [1.807, 2.05) is 17.7 Å². The average Bonchev–Trinajstić information content (AvgIpc) is 3.27. The van der Waals surface area contributed by atoms with E-state index in [0.717, 1.165) is 16.6 Å². The van der Waals surface area contributed by atoms with Crippen molar-refractivity contribution in [3.05, 3.63) is 59.4 Å². The number of aromatic nitrogens is 2. The van der Waals surface area contributed by atoms with Crippen molar-refractivity contribution >= 4 is 40.3 Å².